The van der Waals surface area contributed by atoms with Gasteiger partial charge in [-0.05, 0) is 56.2 Å². The topological polar surface area (TPSA) is 80.4 Å². The smallest absolute Gasteiger partial charge is 0.268 e. The monoisotopic (exact) mass is 392 g/mol. The second kappa shape index (κ2) is 8.65. The van der Waals surface area contributed by atoms with Crippen molar-refractivity contribution in [3.8, 4) is 17.2 Å². The third-order valence-corrected chi connectivity index (χ3v) is 4.69. The van der Waals surface area contributed by atoms with E-state index in [2.05, 4.69) is 10.3 Å². The molecular formula is C23H24N2O4. The van der Waals surface area contributed by atoms with Gasteiger partial charge in [0.2, 0.25) is 0 Å². The van der Waals surface area contributed by atoms with E-state index in [0.29, 0.717) is 46.3 Å². The van der Waals surface area contributed by atoms with E-state index in [-0.39, 0.29) is 11.7 Å². The Kier molecular flexibility index (Phi) is 6.02. The number of aromatic nitrogens is 1. The van der Waals surface area contributed by atoms with Crippen molar-refractivity contribution in [2.24, 2.45) is 0 Å². The fourth-order valence-electron chi connectivity index (χ4n) is 3.28. The normalized spacial score (nSPS) is 10.5. The molecule has 150 valence electrons. The number of ketones is 1. The summed E-state index contributed by atoms with van der Waals surface area (Å²) in [6.07, 6.45) is 0. The first-order valence-corrected chi connectivity index (χ1v) is 9.28. The number of ether oxygens (including phenoxy) is 2. The lowest BCUT2D eigenvalue weighted by molar-refractivity contribution is 0.0945. The van der Waals surface area contributed by atoms with Gasteiger partial charge in [0.05, 0.1) is 7.11 Å². The molecule has 3 aromatic rings. The Balaban J connectivity index is 1.64. The number of hydrogen-bond donors (Lipinski definition) is 2. The number of methoxy groups -OCH3 is 1. The second-order valence-electron chi connectivity index (χ2n) is 6.76. The fourth-order valence-corrected chi connectivity index (χ4v) is 3.28. The largest absolute Gasteiger partial charge is 0.493 e. The van der Waals surface area contributed by atoms with E-state index < -0.39 is 0 Å². The van der Waals surface area contributed by atoms with Crippen LogP contribution < -0.4 is 14.8 Å². The lowest BCUT2D eigenvalue weighted by Gasteiger charge is -2.10. The molecule has 2 N–H and O–H groups in total. The highest BCUT2D eigenvalue weighted by molar-refractivity contribution is 6.02. The number of H-pyrrole nitrogens is 1. The summed E-state index contributed by atoms with van der Waals surface area (Å²) in [5.41, 5.74) is 3.31. The highest BCUT2D eigenvalue weighted by Crippen LogP contribution is 2.30. The zero-order valence-corrected chi connectivity index (χ0v) is 17.0. The minimum atomic E-state index is -0.243. The third-order valence-electron chi connectivity index (χ3n) is 4.69. The van der Waals surface area contributed by atoms with Crippen molar-refractivity contribution in [1.82, 2.24) is 10.3 Å². The van der Waals surface area contributed by atoms with Crippen LogP contribution in [0.2, 0.25) is 0 Å². The average Bonchev–Trinajstić information content (AvgIpc) is 3.02. The van der Waals surface area contributed by atoms with Gasteiger partial charge in [-0.25, -0.2) is 0 Å². The molecule has 6 nitrogen and oxygen atoms in total. The van der Waals surface area contributed by atoms with Gasteiger partial charge in [0, 0.05) is 17.8 Å². The summed E-state index contributed by atoms with van der Waals surface area (Å²) in [5, 5.41) is 2.88. The molecule has 0 saturated carbocycles. The van der Waals surface area contributed by atoms with Crippen molar-refractivity contribution in [2.75, 3.05) is 7.11 Å². The average molecular weight is 392 g/mol. The van der Waals surface area contributed by atoms with Gasteiger partial charge in [-0.15, -0.1) is 0 Å². The minimum Gasteiger partial charge on any atom is -0.493 e. The molecular weight excluding hydrogens is 368 g/mol. The van der Waals surface area contributed by atoms with Gasteiger partial charge in [0.15, 0.2) is 17.3 Å². The number of aromatic amines is 1. The fraction of sp³-hybridized carbons (Fsp3) is 0.217. The van der Waals surface area contributed by atoms with Crippen LogP contribution in [0.5, 0.6) is 17.2 Å². The summed E-state index contributed by atoms with van der Waals surface area (Å²) in [5.74, 6) is 1.67. The van der Waals surface area contributed by atoms with E-state index in [1.165, 1.54) is 6.92 Å². The van der Waals surface area contributed by atoms with E-state index in [1.807, 2.05) is 48.5 Å². The standard InChI is InChI=1S/C23H24N2O4/c1-14-21(16(3)26)15(2)25-22(14)23(27)24-13-17-9-11-18(12-10-17)29-20-8-6-5-7-19(20)28-4/h5-12,25H,13H2,1-4H3,(H,24,27). The van der Waals surface area contributed by atoms with Crippen LogP contribution in [-0.4, -0.2) is 23.8 Å². The molecule has 0 fully saturated rings. The number of rotatable bonds is 7. The maximum Gasteiger partial charge on any atom is 0.268 e. The van der Waals surface area contributed by atoms with Crippen LogP contribution in [0.3, 0.4) is 0 Å². The summed E-state index contributed by atoms with van der Waals surface area (Å²) in [4.78, 5) is 27.3. The molecule has 3 rings (SSSR count). The number of benzene rings is 2. The first-order chi connectivity index (χ1) is 13.9. The summed E-state index contributed by atoms with van der Waals surface area (Å²) in [6.45, 7) is 5.43. The molecule has 0 radical (unpaired) electrons. The van der Waals surface area contributed by atoms with Crippen LogP contribution >= 0.6 is 0 Å². The van der Waals surface area contributed by atoms with E-state index in [4.69, 9.17) is 9.47 Å². The number of Topliss-reactive ketones (excluding diaryl/α,β-unsaturated/α-hetero) is 1. The first-order valence-electron chi connectivity index (χ1n) is 9.28. The molecule has 29 heavy (non-hydrogen) atoms. The Hall–Kier alpha value is -3.54. The Labute approximate surface area is 169 Å². The molecule has 0 unspecified atom stereocenters. The summed E-state index contributed by atoms with van der Waals surface area (Å²) in [6, 6.07) is 14.9. The molecule has 1 aromatic heterocycles. The highest BCUT2D eigenvalue weighted by atomic mass is 16.5. The van der Waals surface area contributed by atoms with E-state index in [9.17, 15) is 9.59 Å². The molecule has 1 heterocycles. The number of para-hydroxylation sites is 2. The lowest BCUT2D eigenvalue weighted by Crippen LogP contribution is -2.24. The Morgan fingerprint density at radius 3 is 2.24 bits per heavy atom. The van der Waals surface area contributed by atoms with Gasteiger partial charge in [-0.2, -0.15) is 0 Å². The van der Waals surface area contributed by atoms with Crippen LogP contribution in [0.15, 0.2) is 48.5 Å². The molecule has 0 aliphatic rings. The maximum atomic E-state index is 12.5. The van der Waals surface area contributed by atoms with Gasteiger partial charge in [-0.3, -0.25) is 9.59 Å². The summed E-state index contributed by atoms with van der Waals surface area (Å²) in [7, 11) is 1.60. The van der Waals surface area contributed by atoms with Gasteiger partial charge in [0.25, 0.3) is 5.91 Å². The SMILES string of the molecule is COc1ccccc1Oc1ccc(CNC(=O)c2[nH]c(C)c(C(C)=O)c2C)cc1. The van der Waals surface area contributed by atoms with Crippen LogP contribution in [0, 0.1) is 13.8 Å². The molecule has 2 aromatic carbocycles. The van der Waals surface area contributed by atoms with Crippen LogP contribution in [-0.2, 0) is 6.54 Å². The molecule has 6 heteroatoms. The predicted molar refractivity (Wildman–Crippen MR) is 111 cm³/mol. The molecule has 0 bridgehead atoms. The highest BCUT2D eigenvalue weighted by Gasteiger charge is 2.19. The Morgan fingerprint density at radius 1 is 1.00 bits per heavy atom. The van der Waals surface area contributed by atoms with E-state index in [0.717, 1.165) is 5.56 Å². The zero-order chi connectivity index (χ0) is 21.0. The Bertz CT molecular complexity index is 1040. The second-order valence-corrected chi connectivity index (χ2v) is 6.76. The number of nitrogens with one attached hydrogen (secondary N) is 2. The van der Waals surface area contributed by atoms with Gasteiger partial charge in [0.1, 0.15) is 11.4 Å². The lowest BCUT2D eigenvalue weighted by atomic mass is 10.1. The molecule has 0 saturated heterocycles. The van der Waals surface area contributed by atoms with Crippen LogP contribution in [0.4, 0.5) is 0 Å². The third kappa shape index (κ3) is 4.48. The number of carbonyl (C=O) groups is 2. The molecule has 1 amide bonds. The summed E-state index contributed by atoms with van der Waals surface area (Å²) >= 11 is 0. The van der Waals surface area contributed by atoms with Crippen molar-refractivity contribution >= 4 is 11.7 Å². The van der Waals surface area contributed by atoms with Crippen molar-refractivity contribution in [3.05, 3.63) is 76.6 Å². The maximum absolute atomic E-state index is 12.5. The van der Waals surface area contributed by atoms with E-state index >= 15 is 0 Å². The first kappa shape index (κ1) is 20.2. The summed E-state index contributed by atoms with van der Waals surface area (Å²) < 4.78 is 11.1. The molecule has 0 aliphatic carbocycles. The molecule has 0 spiro atoms. The van der Waals surface area contributed by atoms with Crippen LogP contribution in [0.1, 0.15) is 44.6 Å². The molecule has 0 atom stereocenters. The minimum absolute atomic E-state index is 0.0547. The Morgan fingerprint density at radius 2 is 1.66 bits per heavy atom. The quantitative estimate of drug-likeness (QED) is 0.578. The van der Waals surface area contributed by atoms with Crippen molar-refractivity contribution < 1.29 is 19.1 Å². The zero-order valence-electron chi connectivity index (χ0n) is 17.0. The molecule has 0 aliphatic heterocycles. The number of aryl methyl sites for hydroxylation is 1. The number of hydrogen-bond acceptors (Lipinski definition) is 4. The van der Waals surface area contributed by atoms with Gasteiger partial charge >= 0.3 is 0 Å². The van der Waals surface area contributed by atoms with Crippen LogP contribution in [0.25, 0.3) is 0 Å². The predicted octanol–water partition coefficient (Wildman–Crippen LogP) is 4.57. The number of carbonyl (C=O) groups excluding carboxylic acids is 2. The van der Waals surface area contributed by atoms with Crippen molar-refractivity contribution in [1.29, 1.82) is 0 Å². The van der Waals surface area contributed by atoms with Gasteiger partial charge in [-0.1, -0.05) is 24.3 Å². The van der Waals surface area contributed by atoms with Gasteiger partial charge < -0.3 is 19.8 Å². The van der Waals surface area contributed by atoms with Crippen molar-refractivity contribution in [2.45, 2.75) is 27.3 Å². The van der Waals surface area contributed by atoms with Crippen molar-refractivity contribution in [3.63, 3.8) is 0 Å². The number of amides is 1. The van der Waals surface area contributed by atoms with E-state index in [1.54, 1.807) is 21.0 Å².